The van der Waals surface area contributed by atoms with Crippen molar-refractivity contribution in [1.82, 2.24) is 15.5 Å². The van der Waals surface area contributed by atoms with E-state index < -0.39 is 22.6 Å². The number of hydrogen-bond donors (Lipinski definition) is 2. The van der Waals surface area contributed by atoms with Crippen molar-refractivity contribution in [3.8, 4) is 0 Å². The topological polar surface area (TPSA) is 73.8 Å². The minimum absolute atomic E-state index is 0.0763. The van der Waals surface area contributed by atoms with Crippen molar-refractivity contribution in [3.05, 3.63) is 29.8 Å². The van der Waals surface area contributed by atoms with Crippen LogP contribution >= 0.6 is 0 Å². The number of sulfone groups is 1. The number of likely N-dealkylation sites (tertiary alicyclic amines) is 1. The highest BCUT2D eigenvalue weighted by molar-refractivity contribution is 7.90. The lowest BCUT2D eigenvalue weighted by Crippen LogP contribution is -2.45. The van der Waals surface area contributed by atoms with Crippen LogP contribution in [0.2, 0.25) is 0 Å². The Labute approximate surface area is 157 Å². The van der Waals surface area contributed by atoms with Crippen LogP contribution in [0, 0.1) is 0 Å². The summed E-state index contributed by atoms with van der Waals surface area (Å²) in [4.78, 5) is 5.77. The van der Waals surface area contributed by atoms with E-state index in [-0.39, 0.29) is 10.9 Å². The molecule has 2 N–H and O–H groups in total. The molecule has 1 heterocycles. The second kappa shape index (κ2) is 8.92. The Hall–Kier alpha value is -1.81. The van der Waals surface area contributed by atoms with Crippen LogP contribution < -0.4 is 10.6 Å². The quantitative estimate of drug-likeness (QED) is 0.552. The van der Waals surface area contributed by atoms with E-state index in [9.17, 15) is 21.6 Å². The zero-order valence-corrected chi connectivity index (χ0v) is 16.2. The molecular weight excluding hydrogens is 381 g/mol. The van der Waals surface area contributed by atoms with Gasteiger partial charge in [-0.1, -0.05) is 12.1 Å². The second-order valence-electron chi connectivity index (χ2n) is 6.65. The van der Waals surface area contributed by atoms with Gasteiger partial charge in [0.2, 0.25) is 0 Å². The third-order valence-corrected chi connectivity index (χ3v) is 5.43. The van der Waals surface area contributed by atoms with E-state index in [0.29, 0.717) is 38.4 Å². The highest BCUT2D eigenvalue weighted by atomic mass is 32.2. The number of benzene rings is 1. The van der Waals surface area contributed by atoms with E-state index in [1.807, 2.05) is 0 Å². The van der Waals surface area contributed by atoms with E-state index in [4.69, 9.17) is 0 Å². The van der Waals surface area contributed by atoms with Gasteiger partial charge in [0.15, 0.2) is 15.8 Å². The SMILES string of the molecule is CN=C(NCCc1ccc(S(C)(=O)=O)cc1)NC1CCN(CC(F)(F)F)C1. The van der Waals surface area contributed by atoms with Gasteiger partial charge in [0.1, 0.15) is 0 Å². The molecule has 0 spiro atoms. The molecule has 0 bridgehead atoms. The van der Waals surface area contributed by atoms with Gasteiger partial charge in [-0.3, -0.25) is 9.89 Å². The first-order valence-corrected chi connectivity index (χ1v) is 10.5. The molecule has 1 fully saturated rings. The number of guanidine groups is 1. The molecule has 2 rings (SSSR count). The Kier molecular flexibility index (Phi) is 7.10. The van der Waals surface area contributed by atoms with E-state index in [0.717, 1.165) is 11.8 Å². The zero-order chi connectivity index (χ0) is 20.1. The monoisotopic (exact) mass is 406 g/mol. The van der Waals surface area contributed by atoms with Crippen molar-refractivity contribution in [2.24, 2.45) is 4.99 Å². The summed E-state index contributed by atoms with van der Waals surface area (Å²) in [5.74, 6) is 0.543. The zero-order valence-electron chi connectivity index (χ0n) is 15.4. The van der Waals surface area contributed by atoms with Crippen LogP contribution in [0.1, 0.15) is 12.0 Å². The molecule has 0 radical (unpaired) electrons. The van der Waals surface area contributed by atoms with E-state index in [1.165, 1.54) is 4.90 Å². The van der Waals surface area contributed by atoms with Crippen molar-refractivity contribution in [1.29, 1.82) is 0 Å². The standard InChI is InChI=1S/C17H25F3N4O2S/c1-21-16(23-14-8-10-24(11-14)12-17(18,19)20)22-9-7-13-3-5-15(6-4-13)27(2,25)26/h3-6,14H,7-12H2,1-2H3,(H2,21,22,23). The fraction of sp³-hybridized carbons (Fsp3) is 0.588. The van der Waals surface area contributed by atoms with Gasteiger partial charge in [-0.2, -0.15) is 13.2 Å². The molecule has 1 atom stereocenters. The van der Waals surface area contributed by atoms with Crippen LogP contribution in [-0.4, -0.2) is 71.0 Å². The lowest BCUT2D eigenvalue weighted by atomic mass is 10.1. The largest absolute Gasteiger partial charge is 0.401 e. The number of nitrogens with zero attached hydrogens (tertiary/aromatic N) is 2. The number of halogens is 3. The average Bonchev–Trinajstić information content (AvgIpc) is 2.98. The molecule has 1 aromatic rings. The number of rotatable bonds is 6. The maximum atomic E-state index is 12.4. The van der Waals surface area contributed by atoms with Gasteiger partial charge in [0, 0.05) is 39.0 Å². The number of hydrogen-bond acceptors (Lipinski definition) is 4. The number of aliphatic imine (C=N–C) groups is 1. The highest BCUT2D eigenvalue weighted by Crippen LogP contribution is 2.19. The van der Waals surface area contributed by atoms with Crippen LogP contribution in [0.25, 0.3) is 0 Å². The van der Waals surface area contributed by atoms with Gasteiger partial charge >= 0.3 is 6.18 Å². The molecule has 1 unspecified atom stereocenters. The lowest BCUT2D eigenvalue weighted by Gasteiger charge is -2.19. The third kappa shape index (κ3) is 7.37. The lowest BCUT2D eigenvalue weighted by molar-refractivity contribution is -0.143. The summed E-state index contributed by atoms with van der Waals surface area (Å²) in [6.45, 7) is 0.408. The minimum atomic E-state index is -4.18. The first kappa shape index (κ1) is 21.5. The van der Waals surface area contributed by atoms with Gasteiger partial charge in [-0.05, 0) is 30.5 Å². The normalized spacial score (nSPS) is 19.3. The first-order valence-electron chi connectivity index (χ1n) is 8.62. The summed E-state index contributed by atoms with van der Waals surface area (Å²) in [5, 5.41) is 6.28. The van der Waals surface area contributed by atoms with Crippen LogP contribution in [0.4, 0.5) is 13.2 Å². The number of alkyl halides is 3. The van der Waals surface area contributed by atoms with Gasteiger partial charge < -0.3 is 10.6 Å². The minimum Gasteiger partial charge on any atom is -0.356 e. The van der Waals surface area contributed by atoms with Crippen molar-refractivity contribution >= 4 is 15.8 Å². The molecule has 10 heteroatoms. The van der Waals surface area contributed by atoms with Gasteiger partial charge in [0.25, 0.3) is 0 Å². The molecule has 1 aromatic carbocycles. The average molecular weight is 406 g/mol. The van der Waals surface area contributed by atoms with Crippen LogP contribution in [0.5, 0.6) is 0 Å². The molecule has 0 saturated carbocycles. The fourth-order valence-corrected chi connectivity index (χ4v) is 3.59. The maximum Gasteiger partial charge on any atom is 0.401 e. The Morgan fingerprint density at radius 2 is 1.96 bits per heavy atom. The van der Waals surface area contributed by atoms with Crippen LogP contribution in [-0.2, 0) is 16.3 Å². The first-order chi connectivity index (χ1) is 12.6. The Bertz CT molecular complexity index is 748. The molecule has 6 nitrogen and oxygen atoms in total. The Morgan fingerprint density at radius 1 is 1.30 bits per heavy atom. The van der Waals surface area contributed by atoms with Gasteiger partial charge in [0.05, 0.1) is 11.4 Å². The van der Waals surface area contributed by atoms with E-state index >= 15 is 0 Å². The summed E-state index contributed by atoms with van der Waals surface area (Å²) in [7, 11) is -1.60. The molecule has 0 amide bonds. The summed E-state index contributed by atoms with van der Waals surface area (Å²) in [5.41, 5.74) is 0.975. The van der Waals surface area contributed by atoms with Crippen molar-refractivity contribution in [2.75, 3.05) is 39.5 Å². The third-order valence-electron chi connectivity index (χ3n) is 4.30. The molecule has 152 valence electrons. The smallest absolute Gasteiger partial charge is 0.356 e. The summed E-state index contributed by atoms with van der Waals surface area (Å²) < 4.78 is 60.2. The predicted molar refractivity (Wildman–Crippen MR) is 98.7 cm³/mol. The van der Waals surface area contributed by atoms with Gasteiger partial charge in [-0.25, -0.2) is 8.42 Å². The summed E-state index contributed by atoms with van der Waals surface area (Å²) >= 11 is 0. The molecular formula is C17H25F3N4O2S. The van der Waals surface area contributed by atoms with E-state index in [1.54, 1.807) is 31.3 Å². The van der Waals surface area contributed by atoms with Gasteiger partial charge in [-0.15, -0.1) is 0 Å². The molecule has 0 aromatic heterocycles. The molecule has 27 heavy (non-hydrogen) atoms. The number of nitrogens with one attached hydrogen (secondary N) is 2. The molecule has 1 saturated heterocycles. The van der Waals surface area contributed by atoms with Crippen LogP contribution in [0.15, 0.2) is 34.2 Å². The van der Waals surface area contributed by atoms with Crippen molar-refractivity contribution in [2.45, 2.75) is 30.0 Å². The highest BCUT2D eigenvalue weighted by Gasteiger charge is 2.34. The Balaban J connectivity index is 1.76. The molecule has 1 aliphatic heterocycles. The summed E-state index contributed by atoms with van der Waals surface area (Å²) in [6, 6.07) is 6.60. The van der Waals surface area contributed by atoms with Crippen LogP contribution in [0.3, 0.4) is 0 Å². The fourth-order valence-electron chi connectivity index (χ4n) is 2.96. The Morgan fingerprint density at radius 3 is 2.52 bits per heavy atom. The molecule has 0 aliphatic carbocycles. The second-order valence-corrected chi connectivity index (χ2v) is 8.66. The van der Waals surface area contributed by atoms with E-state index in [2.05, 4.69) is 15.6 Å². The summed E-state index contributed by atoms with van der Waals surface area (Å²) in [6.07, 6.45) is -1.72. The molecule has 1 aliphatic rings. The van der Waals surface area contributed by atoms with Crippen molar-refractivity contribution in [3.63, 3.8) is 0 Å². The predicted octanol–water partition coefficient (Wildman–Crippen LogP) is 1.43. The van der Waals surface area contributed by atoms with Crippen molar-refractivity contribution < 1.29 is 21.6 Å². The maximum absolute atomic E-state index is 12.4.